The third-order valence-electron chi connectivity index (χ3n) is 5.00. The minimum Gasteiger partial charge on any atom is -0.367 e. The molecular formula is C19H22N2. The molecule has 0 bridgehead atoms. The van der Waals surface area contributed by atoms with E-state index in [1.165, 1.54) is 24.2 Å². The quantitative estimate of drug-likeness (QED) is 0.905. The van der Waals surface area contributed by atoms with Crippen LogP contribution in [0.25, 0.3) is 0 Å². The number of para-hydroxylation sites is 1. The molecule has 108 valence electrons. The van der Waals surface area contributed by atoms with Crippen LogP contribution < -0.4 is 10.2 Å². The number of benzene rings is 2. The van der Waals surface area contributed by atoms with E-state index in [1.807, 2.05) is 0 Å². The maximum absolute atomic E-state index is 3.58. The van der Waals surface area contributed by atoms with Gasteiger partial charge in [-0.25, -0.2) is 0 Å². The van der Waals surface area contributed by atoms with Gasteiger partial charge in [0.25, 0.3) is 0 Å². The van der Waals surface area contributed by atoms with Crippen molar-refractivity contribution in [2.45, 2.75) is 18.9 Å². The number of fused-ring (bicyclic) bond motifs is 3. The summed E-state index contributed by atoms with van der Waals surface area (Å²) in [6.45, 7) is 4.50. The van der Waals surface area contributed by atoms with Crippen molar-refractivity contribution >= 4 is 5.69 Å². The Kier molecular flexibility index (Phi) is 3.40. The predicted octanol–water partition coefficient (Wildman–Crippen LogP) is 3.40. The summed E-state index contributed by atoms with van der Waals surface area (Å²) in [5.41, 5.74) is 4.39. The zero-order chi connectivity index (χ0) is 14.1. The Morgan fingerprint density at radius 2 is 1.76 bits per heavy atom. The van der Waals surface area contributed by atoms with Gasteiger partial charge in [-0.2, -0.15) is 0 Å². The number of hydrogen-bond donors (Lipinski definition) is 1. The molecule has 2 heteroatoms. The van der Waals surface area contributed by atoms with Crippen LogP contribution in [0.3, 0.4) is 0 Å². The van der Waals surface area contributed by atoms with Crippen molar-refractivity contribution in [1.29, 1.82) is 0 Å². The third kappa shape index (κ3) is 2.44. The van der Waals surface area contributed by atoms with E-state index in [2.05, 4.69) is 64.8 Å². The Balaban J connectivity index is 1.68. The smallest absolute Gasteiger partial charge is 0.0429 e. The van der Waals surface area contributed by atoms with Crippen molar-refractivity contribution in [2.24, 2.45) is 5.92 Å². The van der Waals surface area contributed by atoms with Gasteiger partial charge in [0.15, 0.2) is 0 Å². The summed E-state index contributed by atoms with van der Waals surface area (Å²) in [6.07, 6.45) is 1.29. The molecule has 0 unspecified atom stereocenters. The van der Waals surface area contributed by atoms with Gasteiger partial charge in [0.1, 0.15) is 0 Å². The van der Waals surface area contributed by atoms with Gasteiger partial charge in [-0.3, -0.25) is 0 Å². The molecule has 21 heavy (non-hydrogen) atoms. The molecule has 1 N–H and O–H groups in total. The first-order valence-corrected chi connectivity index (χ1v) is 8.00. The number of anilines is 1. The highest BCUT2D eigenvalue weighted by molar-refractivity contribution is 5.57. The van der Waals surface area contributed by atoms with Crippen LogP contribution in [0.2, 0.25) is 0 Å². The van der Waals surface area contributed by atoms with Gasteiger partial charge in [0.05, 0.1) is 0 Å². The second kappa shape index (κ2) is 5.53. The first-order valence-electron chi connectivity index (χ1n) is 8.00. The molecule has 0 amide bonds. The van der Waals surface area contributed by atoms with Gasteiger partial charge in [0.2, 0.25) is 0 Å². The molecule has 0 spiro atoms. The first kappa shape index (κ1) is 12.9. The number of rotatable bonds is 2. The van der Waals surface area contributed by atoms with E-state index in [0.29, 0.717) is 5.92 Å². The summed E-state index contributed by atoms with van der Waals surface area (Å²) in [5, 5.41) is 3.58. The number of hydrogen-bond acceptors (Lipinski definition) is 2. The van der Waals surface area contributed by atoms with Crippen molar-refractivity contribution in [3.63, 3.8) is 0 Å². The highest BCUT2D eigenvalue weighted by Crippen LogP contribution is 2.39. The Morgan fingerprint density at radius 1 is 0.952 bits per heavy atom. The number of nitrogens with zero attached hydrogens (tertiary/aromatic N) is 1. The van der Waals surface area contributed by atoms with Gasteiger partial charge < -0.3 is 10.2 Å². The zero-order valence-electron chi connectivity index (χ0n) is 12.3. The summed E-state index contributed by atoms with van der Waals surface area (Å²) >= 11 is 0. The van der Waals surface area contributed by atoms with Crippen LogP contribution in [0.1, 0.15) is 23.5 Å². The minimum atomic E-state index is 0.696. The lowest BCUT2D eigenvalue weighted by molar-refractivity contribution is 0.492. The van der Waals surface area contributed by atoms with Crippen LogP contribution in [0, 0.1) is 5.92 Å². The highest BCUT2D eigenvalue weighted by atomic mass is 15.1. The molecule has 0 aliphatic carbocycles. The Hall–Kier alpha value is -1.80. The molecule has 2 aromatic carbocycles. The molecule has 2 aliphatic rings. The van der Waals surface area contributed by atoms with E-state index in [1.54, 1.807) is 5.56 Å². The van der Waals surface area contributed by atoms with Crippen LogP contribution >= 0.6 is 0 Å². The van der Waals surface area contributed by atoms with Crippen LogP contribution in [0.4, 0.5) is 5.69 Å². The monoisotopic (exact) mass is 278 g/mol. The molecule has 0 saturated carbocycles. The van der Waals surface area contributed by atoms with Crippen LogP contribution in [-0.4, -0.2) is 19.6 Å². The van der Waals surface area contributed by atoms with Crippen molar-refractivity contribution in [3.8, 4) is 0 Å². The molecule has 0 aromatic heterocycles. The molecule has 2 aromatic rings. The molecule has 1 fully saturated rings. The largest absolute Gasteiger partial charge is 0.367 e. The predicted molar refractivity (Wildman–Crippen MR) is 87.7 cm³/mol. The second-order valence-corrected chi connectivity index (χ2v) is 6.28. The molecule has 0 radical (unpaired) electrons. The number of nitrogens with one attached hydrogen (secondary N) is 1. The van der Waals surface area contributed by atoms with Gasteiger partial charge in [-0.15, -0.1) is 0 Å². The summed E-state index contributed by atoms with van der Waals surface area (Å²) in [7, 11) is 0. The van der Waals surface area contributed by atoms with E-state index in [-0.39, 0.29) is 0 Å². The molecular weight excluding hydrogens is 256 g/mol. The average Bonchev–Trinajstić information content (AvgIpc) is 2.96. The lowest BCUT2D eigenvalue weighted by Gasteiger charge is -2.26. The standard InChI is InChI=1S/C19H22N2/c1-2-6-15(7-3-1)14-21-11-10-16-12-20-13-18(16)17-8-4-5-9-19(17)21/h1-9,16,18,20H,10-14H2/t16-,18-/m1/s1. The fourth-order valence-electron chi connectivity index (χ4n) is 3.90. The molecule has 2 heterocycles. The molecule has 4 rings (SSSR count). The molecule has 2 aliphatic heterocycles. The van der Waals surface area contributed by atoms with E-state index < -0.39 is 0 Å². The Labute approximate surface area is 126 Å². The summed E-state index contributed by atoms with van der Waals surface area (Å²) < 4.78 is 0. The van der Waals surface area contributed by atoms with Crippen molar-refractivity contribution in [3.05, 3.63) is 65.7 Å². The molecule has 2 atom stereocenters. The van der Waals surface area contributed by atoms with Crippen molar-refractivity contribution in [2.75, 3.05) is 24.5 Å². The zero-order valence-corrected chi connectivity index (χ0v) is 12.3. The van der Waals surface area contributed by atoms with E-state index in [4.69, 9.17) is 0 Å². The second-order valence-electron chi connectivity index (χ2n) is 6.28. The first-order chi connectivity index (χ1) is 10.4. The van der Waals surface area contributed by atoms with E-state index >= 15 is 0 Å². The van der Waals surface area contributed by atoms with Gasteiger partial charge in [0, 0.05) is 31.2 Å². The SMILES string of the molecule is c1ccc(CN2CC[C@@H]3CNC[C@H]3c3ccccc32)cc1. The fraction of sp³-hybridized carbons (Fsp3) is 0.368. The van der Waals surface area contributed by atoms with Crippen LogP contribution in [0.15, 0.2) is 54.6 Å². The third-order valence-corrected chi connectivity index (χ3v) is 5.00. The van der Waals surface area contributed by atoms with Crippen molar-refractivity contribution < 1.29 is 0 Å². The highest BCUT2D eigenvalue weighted by Gasteiger charge is 2.33. The fourth-order valence-corrected chi connectivity index (χ4v) is 3.90. The summed E-state index contributed by atoms with van der Waals surface area (Å²) in [5.74, 6) is 1.49. The maximum atomic E-state index is 3.58. The van der Waals surface area contributed by atoms with Crippen LogP contribution in [0.5, 0.6) is 0 Å². The van der Waals surface area contributed by atoms with E-state index in [9.17, 15) is 0 Å². The minimum absolute atomic E-state index is 0.696. The Bertz CT molecular complexity index is 608. The van der Waals surface area contributed by atoms with Crippen molar-refractivity contribution in [1.82, 2.24) is 5.32 Å². The maximum Gasteiger partial charge on any atom is 0.0429 e. The summed E-state index contributed by atoms with van der Waals surface area (Å²) in [6, 6.07) is 19.8. The average molecular weight is 278 g/mol. The van der Waals surface area contributed by atoms with E-state index in [0.717, 1.165) is 25.6 Å². The molecule has 1 saturated heterocycles. The Morgan fingerprint density at radius 3 is 2.67 bits per heavy atom. The van der Waals surface area contributed by atoms with Gasteiger partial charge in [-0.1, -0.05) is 48.5 Å². The van der Waals surface area contributed by atoms with Gasteiger partial charge >= 0.3 is 0 Å². The molecule has 2 nitrogen and oxygen atoms in total. The summed E-state index contributed by atoms with van der Waals surface area (Å²) in [4.78, 5) is 2.57. The van der Waals surface area contributed by atoms with Crippen LogP contribution in [-0.2, 0) is 6.54 Å². The lowest BCUT2D eigenvalue weighted by atomic mass is 9.87. The topological polar surface area (TPSA) is 15.3 Å². The normalized spacial score (nSPS) is 24.3. The van der Waals surface area contributed by atoms with Gasteiger partial charge in [-0.05, 0) is 36.1 Å². The lowest BCUT2D eigenvalue weighted by Crippen LogP contribution is -2.25.